The molecule has 0 spiro atoms. The number of anilines is 2. The van der Waals surface area contributed by atoms with Crippen LogP contribution in [0, 0.1) is 0 Å². The Hall–Kier alpha value is -3.61. The molecule has 0 aliphatic carbocycles. The molecule has 1 aromatic heterocycles. The number of nitrogens with one attached hydrogen (secondary N) is 2. The summed E-state index contributed by atoms with van der Waals surface area (Å²) < 4.78 is 10.9. The minimum Gasteiger partial charge on any atom is -0.497 e. The second-order valence-electron chi connectivity index (χ2n) is 6.16. The van der Waals surface area contributed by atoms with Crippen molar-refractivity contribution >= 4 is 23.2 Å². The summed E-state index contributed by atoms with van der Waals surface area (Å²) in [5.74, 6) is 1.57. The SMILES string of the molecule is COc1ccc(-c2cnc(CCC(=O)Nc3cccc(NC(C)=O)c3)o2)cc1. The molecular weight excluding hydrogens is 358 g/mol. The molecule has 7 nitrogen and oxygen atoms in total. The number of hydrogen-bond acceptors (Lipinski definition) is 5. The second kappa shape index (κ2) is 8.85. The lowest BCUT2D eigenvalue weighted by Crippen LogP contribution is -2.13. The molecule has 0 unspecified atom stereocenters. The maximum atomic E-state index is 12.2. The molecule has 0 aliphatic heterocycles. The van der Waals surface area contributed by atoms with E-state index in [9.17, 15) is 9.59 Å². The van der Waals surface area contributed by atoms with Crippen molar-refractivity contribution < 1.29 is 18.7 Å². The summed E-state index contributed by atoms with van der Waals surface area (Å²) in [5, 5.41) is 5.48. The average Bonchev–Trinajstić information content (AvgIpc) is 3.15. The maximum Gasteiger partial charge on any atom is 0.224 e. The second-order valence-corrected chi connectivity index (χ2v) is 6.16. The van der Waals surface area contributed by atoms with E-state index in [-0.39, 0.29) is 18.2 Å². The zero-order valence-corrected chi connectivity index (χ0v) is 15.7. The van der Waals surface area contributed by atoms with Crippen LogP contribution in [0.15, 0.2) is 59.1 Å². The third kappa shape index (κ3) is 5.20. The Morgan fingerprint density at radius 2 is 1.79 bits per heavy atom. The predicted molar refractivity (Wildman–Crippen MR) is 106 cm³/mol. The zero-order valence-electron chi connectivity index (χ0n) is 15.7. The highest BCUT2D eigenvalue weighted by atomic mass is 16.5. The summed E-state index contributed by atoms with van der Waals surface area (Å²) in [5.41, 5.74) is 2.13. The summed E-state index contributed by atoms with van der Waals surface area (Å²) in [7, 11) is 1.61. The molecule has 0 bridgehead atoms. The first-order valence-corrected chi connectivity index (χ1v) is 8.80. The molecule has 2 amide bonds. The molecule has 0 atom stereocenters. The number of methoxy groups -OCH3 is 1. The third-order valence-electron chi connectivity index (χ3n) is 3.96. The molecule has 0 saturated heterocycles. The van der Waals surface area contributed by atoms with E-state index in [4.69, 9.17) is 9.15 Å². The Kier molecular flexibility index (Phi) is 6.06. The van der Waals surface area contributed by atoms with Gasteiger partial charge in [-0.1, -0.05) is 6.07 Å². The van der Waals surface area contributed by atoms with E-state index in [0.29, 0.717) is 29.4 Å². The highest BCUT2D eigenvalue weighted by molar-refractivity contribution is 5.93. The standard InChI is InChI=1S/C21H21N3O4/c1-14(25)23-16-4-3-5-17(12-16)24-20(26)10-11-21-22-13-19(28-21)15-6-8-18(27-2)9-7-15/h3-9,12-13H,10-11H2,1-2H3,(H,23,25)(H,24,26). The third-order valence-corrected chi connectivity index (χ3v) is 3.96. The van der Waals surface area contributed by atoms with Crippen LogP contribution in [0.25, 0.3) is 11.3 Å². The number of oxazole rings is 1. The summed E-state index contributed by atoms with van der Waals surface area (Å²) >= 11 is 0. The summed E-state index contributed by atoms with van der Waals surface area (Å²) in [4.78, 5) is 27.5. The molecule has 3 aromatic rings. The lowest BCUT2D eigenvalue weighted by Gasteiger charge is -2.07. The van der Waals surface area contributed by atoms with Crippen molar-refractivity contribution in [3.63, 3.8) is 0 Å². The first-order valence-electron chi connectivity index (χ1n) is 8.80. The van der Waals surface area contributed by atoms with Crippen LogP contribution in [-0.4, -0.2) is 23.9 Å². The van der Waals surface area contributed by atoms with Gasteiger partial charge in [-0.15, -0.1) is 0 Å². The lowest BCUT2D eigenvalue weighted by molar-refractivity contribution is -0.116. The summed E-state index contributed by atoms with van der Waals surface area (Å²) in [6.45, 7) is 1.43. The topological polar surface area (TPSA) is 93.5 Å². The normalized spacial score (nSPS) is 10.4. The largest absolute Gasteiger partial charge is 0.497 e. The van der Waals surface area contributed by atoms with Crippen LogP contribution in [0.4, 0.5) is 11.4 Å². The Balaban J connectivity index is 1.55. The zero-order chi connectivity index (χ0) is 19.9. The van der Waals surface area contributed by atoms with Gasteiger partial charge in [0.2, 0.25) is 11.8 Å². The van der Waals surface area contributed by atoms with Gasteiger partial charge >= 0.3 is 0 Å². The predicted octanol–water partition coefficient (Wildman–Crippen LogP) is 3.88. The number of nitrogens with zero attached hydrogens (tertiary/aromatic N) is 1. The van der Waals surface area contributed by atoms with Crippen LogP contribution in [0.5, 0.6) is 5.75 Å². The number of ether oxygens (including phenoxy) is 1. The van der Waals surface area contributed by atoms with Crippen molar-refractivity contribution in [2.45, 2.75) is 19.8 Å². The molecule has 3 rings (SSSR count). The fraction of sp³-hybridized carbons (Fsp3) is 0.190. The van der Waals surface area contributed by atoms with E-state index >= 15 is 0 Å². The van der Waals surface area contributed by atoms with Gasteiger partial charge in [0.25, 0.3) is 0 Å². The van der Waals surface area contributed by atoms with E-state index in [2.05, 4.69) is 15.6 Å². The van der Waals surface area contributed by atoms with Crippen molar-refractivity contribution in [1.82, 2.24) is 4.98 Å². The van der Waals surface area contributed by atoms with Crippen molar-refractivity contribution in [2.75, 3.05) is 17.7 Å². The molecule has 0 fully saturated rings. The summed E-state index contributed by atoms with van der Waals surface area (Å²) in [6.07, 6.45) is 2.26. The highest BCUT2D eigenvalue weighted by Gasteiger charge is 2.10. The van der Waals surface area contributed by atoms with Gasteiger partial charge in [0.05, 0.1) is 13.3 Å². The smallest absolute Gasteiger partial charge is 0.224 e. The number of carbonyl (C=O) groups is 2. The van der Waals surface area contributed by atoms with E-state index in [0.717, 1.165) is 11.3 Å². The minimum absolute atomic E-state index is 0.163. The monoisotopic (exact) mass is 379 g/mol. The van der Waals surface area contributed by atoms with Gasteiger partial charge in [-0.05, 0) is 42.5 Å². The highest BCUT2D eigenvalue weighted by Crippen LogP contribution is 2.23. The number of benzene rings is 2. The Morgan fingerprint density at radius 1 is 1.07 bits per heavy atom. The molecule has 7 heteroatoms. The summed E-state index contributed by atoms with van der Waals surface area (Å²) in [6, 6.07) is 14.4. The first kappa shape index (κ1) is 19.2. The Morgan fingerprint density at radius 3 is 2.46 bits per heavy atom. The quantitative estimate of drug-likeness (QED) is 0.650. The molecule has 28 heavy (non-hydrogen) atoms. The fourth-order valence-corrected chi connectivity index (χ4v) is 2.64. The Labute approximate surface area is 162 Å². The van der Waals surface area contributed by atoms with Crippen LogP contribution in [-0.2, 0) is 16.0 Å². The van der Waals surface area contributed by atoms with Gasteiger partial charge in [0.15, 0.2) is 11.7 Å². The van der Waals surface area contributed by atoms with Gasteiger partial charge in [-0.25, -0.2) is 4.98 Å². The van der Waals surface area contributed by atoms with Crippen LogP contribution in [0.1, 0.15) is 19.2 Å². The van der Waals surface area contributed by atoms with Crippen molar-refractivity contribution in [2.24, 2.45) is 0 Å². The van der Waals surface area contributed by atoms with E-state index < -0.39 is 0 Å². The van der Waals surface area contributed by atoms with E-state index in [1.165, 1.54) is 6.92 Å². The van der Waals surface area contributed by atoms with E-state index in [1.807, 2.05) is 24.3 Å². The molecule has 144 valence electrons. The van der Waals surface area contributed by atoms with Gasteiger partial charge in [-0.2, -0.15) is 0 Å². The molecular formula is C21H21N3O4. The number of carbonyl (C=O) groups excluding carboxylic acids is 2. The van der Waals surface area contributed by atoms with Gasteiger partial charge < -0.3 is 19.8 Å². The molecule has 2 N–H and O–H groups in total. The van der Waals surface area contributed by atoms with Crippen LogP contribution < -0.4 is 15.4 Å². The Bertz CT molecular complexity index is 964. The van der Waals surface area contributed by atoms with Gasteiger partial charge in [0, 0.05) is 36.7 Å². The molecule has 0 radical (unpaired) electrons. The van der Waals surface area contributed by atoms with Crippen molar-refractivity contribution in [1.29, 1.82) is 0 Å². The molecule has 0 aliphatic rings. The average molecular weight is 379 g/mol. The van der Waals surface area contributed by atoms with Crippen LogP contribution in [0.3, 0.4) is 0 Å². The van der Waals surface area contributed by atoms with Crippen LogP contribution >= 0.6 is 0 Å². The molecule has 1 heterocycles. The van der Waals surface area contributed by atoms with Gasteiger partial charge in [0.1, 0.15) is 5.75 Å². The number of aromatic nitrogens is 1. The van der Waals surface area contributed by atoms with Gasteiger partial charge in [-0.3, -0.25) is 9.59 Å². The fourth-order valence-electron chi connectivity index (χ4n) is 2.64. The maximum absolute atomic E-state index is 12.2. The van der Waals surface area contributed by atoms with E-state index in [1.54, 1.807) is 37.6 Å². The number of rotatable bonds is 7. The van der Waals surface area contributed by atoms with Crippen LogP contribution in [0.2, 0.25) is 0 Å². The number of hydrogen-bond donors (Lipinski definition) is 2. The first-order chi connectivity index (χ1) is 13.5. The number of aryl methyl sites for hydroxylation is 1. The van der Waals surface area contributed by atoms with Crippen molar-refractivity contribution in [3.8, 4) is 17.1 Å². The molecule has 2 aromatic carbocycles. The van der Waals surface area contributed by atoms with Crippen molar-refractivity contribution in [3.05, 3.63) is 60.6 Å². The lowest BCUT2D eigenvalue weighted by atomic mass is 10.2. The minimum atomic E-state index is -0.167. The number of amides is 2. The molecule has 0 saturated carbocycles.